The molecular formula is C38H28Br2ClN5O5S. The van der Waals surface area contributed by atoms with Crippen LogP contribution in [0.25, 0.3) is 21.8 Å². The van der Waals surface area contributed by atoms with Gasteiger partial charge in [-0.1, -0.05) is 48.0 Å². The molecule has 262 valence electrons. The predicted molar refractivity (Wildman–Crippen MR) is 210 cm³/mol. The van der Waals surface area contributed by atoms with E-state index >= 15 is 0 Å². The summed E-state index contributed by atoms with van der Waals surface area (Å²) in [7, 11) is 2.85. The zero-order valence-corrected chi connectivity index (χ0v) is 32.4. The number of carbonyl (C=O) groups is 2. The highest BCUT2D eigenvalue weighted by atomic mass is 79.9. The minimum Gasteiger partial charge on any atom is -0.340 e. The molecule has 7 rings (SSSR count). The maximum atomic E-state index is 12.9. The molecule has 14 heteroatoms. The lowest BCUT2D eigenvalue weighted by atomic mass is 10.1. The van der Waals surface area contributed by atoms with Gasteiger partial charge >= 0.3 is 0 Å². The van der Waals surface area contributed by atoms with Crippen molar-refractivity contribution >= 4 is 88.3 Å². The van der Waals surface area contributed by atoms with E-state index in [1.54, 1.807) is 48.8 Å². The summed E-state index contributed by atoms with van der Waals surface area (Å²) in [6.45, 7) is 0.864. The van der Waals surface area contributed by atoms with Gasteiger partial charge in [0.05, 0.1) is 57.4 Å². The fourth-order valence-electron chi connectivity index (χ4n) is 5.51. The minimum atomic E-state index is -0.491. The van der Waals surface area contributed by atoms with Crippen LogP contribution in [0.5, 0.6) is 0 Å². The molecule has 0 radical (unpaired) electrons. The maximum Gasteiger partial charge on any atom is 0.282 e. The van der Waals surface area contributed by atoms with E-state index in [1.165, 1.54) is 25.5 Å². The lowest BCUT2D eigenvalue weighted by Crippen LogP contribution is -2.31. The molecule has 1 amide bonds. The van der Waals surface area contributed by atoms with Crippen LogP contribution in [0.2, 0.25) is 4.34 Å². The van der Waals surface area contributed by atoms with Crippen LogP contribution in [0.3, 0.4) is 0 Å². The zero-order valence-electron chi connectivity index (χ0n) is 27.6. The molecule has 7 aromatic rings. The van der Waals surface area contributed by atoms with Crippen LogP contribution in [0, 0.1) is 0 Å². The number of halogens is 3. The summed E-state index contributed by atoms with van der Waals surface area (Å²) in [6, 6.07) is 29.0. The Morgan fingerprint density at radius 3 is 1.71 bits per heavy atom. The Morgan fingerprint density at radius 2 is 1.23 bits per heavy atom. The van der Waals surface area contributed by atoms with E-state index in [-0.39, 0.29) is 27.8 Å². The summed E-state index contributed by atoms with van der Waals surface area (Å²) in [4.78, 5) is 65.2. The summed E-state index contributed by atoms with van der Waals surface area (Å²) in [5.74, 6) is -0.812. The van der Waals surface area contributed by atoms with Gasteiger partial charge in [-0.2, -0.15) is 0 Å². The topological polar surface area (TPSA) is 116 Å². The number of benzene rings is 2. The average Bonchev–Trinajstić information content (AvgIpc) is 3.59. The first kappa shape index (κ1) is 37.0. The largest absolute Gasteiger partial charge is 0.340 e. The summed E-state index contributed by atoms with van der Waals surface area (Å²) >= 11 is 13.8. The number of hydroxylamine groups is 2. The second-order valence-electron chi connectivity index (χ2n) is 11.4. The molecule has 0 atom stereocenters. The first-order valence-corrected chi connectivity index (χ1v) is 18.4. The zero-order chi connectivity index (χ0) is 36.9. The molecular weight excluding hydrogens is 834 g/mol. The van der Waals surface area contributed by atoms with E-state index in [0.717, 1.165) is 36.7 Å². The Morgan fingerprint density at radius 1 is 0.731 bits per heavy atom. The molecule has 0 unspecified atom stereocenters. The molecule has 5 heterocycles. The molecule has 0 aliphatic heterocycles. The monoisotopic (exact) mass is 859 g/mol. The van der Waals surface area contributed by atoms with Gasteiger partial charge < -0.3 is 9.13 Å². The normalized spacial score (nSPS) is 10.9. The SMILES string of the molecule is CON(C)C(=O)c1cn(Cc2cccc(Br)n2)c2ccccc2c1=O.O=C(c1ccc(Cl)s1)c1cn(Cc2cccc(Br)n2)c2ccccc2c1=O. The summed E-state index contributed by atoms with van der Waals surface area (Å²) < 4.78 is 5.70. The van der Waals surface area contributed by atoms with Crippen molar-refractivity contribution in [3.8, 4) is 0 Å². The third kappa shape index (κ3) is 8.14. The molecule has 2 aromatic carbocycles. The highest BCUT2D eigenvalue weighted by molar-refractivity contribution is 9.10. The van der Waals surface area contributed by atoms with Crippen molar-refractivity contribution < 1.29 is 14.4 Å². The Bertz CT molecular complexity index is 2590. The van der Waals surface area contributed by atoms with Gasteiger partial charge in [-0.05, 0) is 92.5 Å². The molecule has 0 N–H and O–H groups in total. The van der Waals surface area contributed by atoms with Crippen LogP contribution in [-0.4, -0.2) is 50.0 Å². The number of hydrogen-bond acceptors (Lipinski definition) is 8. The Hall–Kier alpha value is -4.79. The van der Waals surface area contributed by atoms with Crippen LogP contribution >= 0.6 is 54.8 Å². The standard InChI is InChI=1S/C20H12BrClN2O2S.C18H16BrN3O3/c21-17-7-3-4-12(23-17)10-24-11-14(20(26)16-8-9-18(22)27-16)19(25)13-5-1-2-6-15(13)24;1-21(25-2)18(24)14-11-22(10-12-6-5-9-16(19)20-12)15-8-4-3-7-13(15)17(14)23/h1-9,11H,10H2;3-9,11H,10H2,1-2H3. The maximum absolute atomic E-state index is 12.9. The summed E-state index contributed by atoms with van der Waals surface area (Å²) in [6.07, 6.45) is 3.17. The van der Waals surface area contributed by atoms with Crippen molar-refractivity contribution in [2.24, 2.45) is 0 Å². The lowest BCUT2D eigenvalue weighted by Gasteiger charge is -2.16. The summed E-state index contributed by atoms with van der Waals surface area (Å²) in [5, 5.41) is 2.02. The minimum absolute atomic E-state index is 0.0537. The van der Waals surface area contributed by atoms with Gasteiger partial charge in [0.2, 0.25) is 16.6 Å². The molecule has 52 heavy (non-hydrogen) atoms. The Kier molecular flexibility index (Phi) is 11.6. The third-order valence-electron chi connectivity index (χ3n) is 8.02. The van der Waals surface area contributed by atoms with Crippen LogP contribution in [0.1, 0.15) is 37.0 Å². The van der Waals surface area contributed by atoms with E-state index in [2.05, 4.69) is 41.8 Å². The fraction of sp³-hybridized carbons (Fsp3) is 0.105. The summed E-state index contributed by atoms with van der Waals surface area (Å²) in [5.41, 5.74) is 2.70. The molecule has 0 bridgehead atoms. The van der Waals surface area contributed by atoms with Crippen molar-refractivity contribution in [1.29, 1.82) is 0 Å². The number of fused-ring (bicyclic) bond motifs is 2. The van der Waals surface area contributed by atoms with Gasteiger partial charge in [-0.15, -0.1) is 11.3 Å². The number of rotatable bonds is 8. The van der Waals surface area contributed by atoms with Crippen LogP contribution in [-0.2, 0) is 17.9 Å². The number of hydrogen-bond donors (Lipinski definition) is 0. The van der Waals surface area contributed by atoms with Gasteiger partial charge in [-0.25, -0.2) is 15.0 Å². The van der Waals surface area contributed by atoms with Crippen molar-refractivity contribution in [2.45, 2.75) is 13.1 Å². The second kappa shape index (κ2) is 16.3. The highest BCUT2D eigenvalue weighted by Crippen LogP contribution is 2.24. The fourth-order valence-corrected chi connectivity index (χ4v) is 7.27. The van der Waals surface area contributed by atoms with Gasteiger partial charge in [0.15, 0.2) is 0 Å². The van der Waals surface area contributed by atoms with E-state index in [0.29, 0.717) is 33.1 Å². The second-order valence-corrected chi connectivity index (χ2v) is 14.7. The molecule has 0 fully saturated rings. The van der Waals surface area contributed by atoms with Crippen molar-refractivity contribution in [2.75, 3.05) is 14.2 Å². The van der Waals surface area contributed by atoms with Gasteiger partial charge in [0.1, 0.15) is 14.8 Å². The van der Waals surface area contributed by atoms with E-state index in [4.69, 9.17) is 16.4 Å². The molecule has 0 aliphatic carbocycles. The average molecular weight is 862 g/mol. The Balaban J connectivity index is 0.000000179. The van der Waals surface area contributed by atoms with E-state index in [9.17, 15) is 19.2 Å². The molecule has 0 aliphatic rings. The van der Waals surface area contributed by atoms with Crippen molar-refractivity contribution in [3.05, 3.63) is 171 Å². The predicted octanol–water partition coefficient (Wildman–Crippen LogP) is 7.99. The number of amides is 1. The number of para-hydroxylation sites is 2. The third-order valence-corrected chi connectivity index (χ3v) is 10.1. The van der Waals surface area contributed by atoms with E-state index < -0.39 is 5.91 Å². The number of thiophene rings is 1. The van der Waals surface area contributed by atoms with Gasteiger partial charge in [0, 0.05) is 30.2 Å². The van der Waals surface area contributed by atoms with Crippen LogP contribution in [0.4, 0.5) is 0 Å². The van der Waals surface area contributed by atoms with Crippen molar-refractivity contribution in [3.63, 3.8) is 0 Å². The number of carbonyl (C=O) groups excluding carboxylic acids is 2. The quantitative estimate of drug-likeness (QED) is 0.0865. The number of ketones is 1. The lowest BCUT2D eigenvalue weighted by molar-refractivity contribution is -0.0758. The number of nitrogens with zero attached hydrogens (tertiary/aromatic N) is 5. The molecule has 5 aromatic heterocycles. The smallest absolute Gasteiger partial charge is 0.282 e. The first-order valence-electron chi connectivity index (χ1n) is 15.6. The Labute approximate surface area is 323 Å². The van der Waals surface area contributed by atoms with Gasteiger partial charge in [-0.3, -0.25) is 24.0 Å². The molecule has 10 nitrogen and oxygen atoms in total. The molecule has 0 saturated carbocycles. The number of pyridine rings is 4. The van der Waals surface area contributed by atoms with Crippen molar-refractivity contribution in [1.82, 2.24) is 24.2 Å². The van der Waals surface area contributed by atoms with Crippen LogP contribution in [0.15, 0.2) is 128 Å². The highest BCUT2D eigenvalue weighted by Gasteiger charge is 2.20. The van der Waals surface area contributed by atoms with E-state index in [1.807, 2.05) is 69.8 Å². The first-order chi connectivity index (χ1) is 25.0. The molecule has 0 spiro atoms. The molecule has 0 saturated heterocycles. The van der Waals surface area contributed by atoms with Crippen LogP contribution < -0.4 is 10.9 Å². The van der Waals surface area contributed by atoms with Gasteiger partial charge in [0.25, 0.3) is 5.91 Å². The number of aromatic nitrogens is 4.